The SMILES string of the molecule is CC(C)n1cc(CN2CCCC2)c2cccc(C(=O)O)c21. The zero-order chi connectivity index (χ0) is 15.0. The highest BCUT2D eigenvalue weighted by Gasteiger charge is 2.20. The van der Waals surface area contributed by atoms with E-state index in [4.69, 9.17) is 0 Å². The standard InChI is InChI=1S/C17H22N2O2/c1-12(2)19-11-13(10-18-8-3-4-9-18)14-6-5-7-15(16(14)19)17(20)21/h5-7,11-12H,3-4,8-10H2,1-2H3,(H,20,21). The smallest absolute Gasteiger partial charge is 0.337 e. The largest absolute Gasteiger partial charge is 0.478 e. The molecule has 1 saturated heterocycles. The average molecular weight is 286 g/mol. The van der Waals surface area contributed by atoms with Crippen LogP contribution in [0.5, 0.6) is 0 Å². The van der Waals surface area contributed by atoms with Gasteiger partial charge in [0.25, 0.3) is 0 Å². The Balaban J connectivity index is 2.12. The highest BCUT2D eigenvalue weighted by Crippen LogP contribution is 2.29. The third kappa shape index (κ3) is 2.56. The Hall–Kier alpha value is -1.81. The molecule has 0 spiro atoms. The lowest BCUT2D eigenvalue weighted by molar-refractivity contribution is 0.0698. The van der Waals surface area contributed by atoms with Gasteiger partial charge in [-0.2, -0.15) is 0 Å². The van der Waals surface area contributed by atoms with Crippen LogP contribution in [0.15, 0.2) is 24.4 Å². The fourth-order valence-electron chi connectivity index (χ4n) is 3.27. The van der Waals surface area contributed by atoms with Gasteiger partial charge >= 0.3 is 5.97 Å². The Labute approximate surface area is 125 Å². The molecule has 0 radical (unpaired) electrons. The lowest BCUT2D eigenvalue weighted by Crippen LogP contribution is -2.18. The van der Waals surface area contributed by atoms with Crippen LogP contribution in [0.1, 0.15) is 48.7 Å². The fourth-order valence-corrected chi connectivity index (χ4v) is 3.27. The van der Waals surface area contributed by atoms with Crippen molar-refractivity contribution >= 4 is 16.9 Å². The van der Waals surface area contributed by atoms with E-state index < -0.39 is 5.97 Å². The van der Waals surface area contributed by atoms with Crippen LogP contribution in [-0.4, -0.2) is 33.6 Å². The Morgan fingerprint density at radius 1 is 1.29 bits per heavy atom. The maximum absolute atomic E-state index is 11.5. The number of fused-ring (bicyclic) bond motifs is 1. The summed E-state index contributed by atoms with van der Waals surface area (Å²) in [6.07, 6.45) is 4.67. The van der Waals surface area contributed by atoms with Crippen molar-refractivity contribution in [3.8, 4) is 0 Å². The van der Waals surface area contributed by atoms with E-state index in [1.165, 1.54) is 18.4 Å². The highest BCUT2D eigenvalue weighted by atomic mass is 16.4. The number of para-hydroxylation sites is 1. The van der Waals surface area contributed by atoms with Crippen LogP contribution in [0.2, 0.25) is 0 Å². The Morgan fingerprint density at radius 2 is 2.00 bits per heavy atom. The molecule has 0 atom stereocenters. The summed E-state index contributed by atoms with van der Waals surface area (Å²) in [4.78, 5) is 14.0. The van der Waals surface area contributed by atoms with E-state index in [9.17, 15) is 9.90 Å². The van der Waals surface area contributed by atoms with E-state index in [2.05, 4.69) is 29.5 Å². The van der Waals surface area contributed by atoms with Crippen molar-refractivity contribution in [1.29, 1.82) is 0 Å². The first-order valence-electron chi connectivity index (χ1n) is 7.66. The number of nitrogens with zero attached hydrogens (tertiary/aromatic N) is 2. The molecule has 0 amide bonds. The Kier molecular flexibility index (Phi) is 3.72. The molecule has 0 unspecified atom stereocenters. The lowest BCUT2D eigenvalue weighted by atomic mass is 10.1. The van der Waals surface area contributed by atoms with Crippen molar-refractivity contribution in [3.05, 3.63) is 35.5 Å². The molecule has 1 fully saturated rings. The Morgan fingerprint density at radius 3 is 2.62 bits per heavy atom. The van der Waals surface area contributed by atoms with Crippen LogP contribution in [0, 0.1) is 0 Å². The highest BCUT2D eigenvalue weighted by molar-refractivity contribution is 6.03. The summed E-state index contributed by atoms with van der Waals surface area (Å²) in [6, 6.07) is 5.85. The van der Waals surface area contributed by atoms with E-state index >= 15 is 0 Å². The Bertz CT molecular complexity index is 667. The van der Waals surface area contributed by atoms with Crippen LogP contribution in [-0.2, 0) is 6.54 Å². The number of carbonyl (C=O) groups is 1. The molecule has 1 N–H and O–H groups in total. The van der Waals surface area contributed by atoms with Crippen LogP contribution in [0.4, 0.5) is 0 Å². The van der Waals surface area contributed by atoms with Crippen LogP contribution in [0.25, 0.3) is 10.9 Å². The zero-order valence-electron chi connectivity index (χ0n) is 12.7. The molecule has 4 nitrogen and oxygen atoms in total. The van der Waals surface area contributed by atoms with Gasteiger partial charge in [-0.25, -0.2) is 4.79 Å². The molecule has 1 aliphatic heterocycles. The predicted molar refractivity (Wildman–Crippen MR) is 83.8 cm³/mol. The summed E-state index contributed by atoms with van der Waals surface area (Å²) in [7, 11) is 0. The van der Waals surface area contributed by atoms with E-state index in [1.807, 2.05) is 12.1 Å². The number of likely N-dealkylation sites (tertiary alicyclic amines) is 1. The molecule has 3 rings (SSSR count). The van der Waals surface area contributed by atoms with Gasteiger partial charge in [0.15, 0.2) is 0 Å². The zero-order valence-corrected chi connectivity index (χ0v) is 12.7. The minimum atomic E-state index is -0.853. The normalized spacial score (nSPS) is 16.1. The quantitative estimate of drug-likeness (QED) is 0.935. The molecule has 4 heteroatoms. The minimum absolute atomic E-state index is 0.250. The number of hydrogen-bond acceptors (Lipinski definition) is 2. The third-order valence-electron chi connectivity index (χ3n) is 4.31. The topological polar surface area (TPSA) is 45.5 Å². The first kappa shape index (κ1) is 14.1. The van der Waals surface area contributed by atoms with Gasteiger partial charge in [-0.05, 0) is 51.4 Å². The van der Waals surface area contributed by atoms with Gasteiger partial charge < -0.3 is 9.67 Å². The molecule has 1 aromatic carbocycles. The molecule has 2 heterocycles. The number of aromatic nitrogens is 1. The first-order chi connectivity index (χ1) is 10.1. The van der Waals surface area contributed by atoms with Crippen molar-refractivity contribution in [2.24, 2.45) is 0 Å². The number of benzene rings is 1. The van der Waals surface area contributed by atoms with Gasteiger partial charge in [-0.3, -0.25) is 4.90 Å². The van der Waals surface area contributed by atoms with Crippen molar-refractivity contribution in [2.45, 2.75) is 39.3 Å². The second-order valence-corrected chi connectivity index (χ2v) is 6.15. The van der Waals surface area contributed by atoms with Crippen LogP contribution < -0.4 is 0 Å². The maximum Gasteiger partial charge on any atom is 0.337 e. The predicted octanol–water partition coefficient (Wildman–Crippen LogP) is 3.52. The van der Waals surface area contributed by atoms with Gasteiger partial charge in [0.2, 0.25) is 0 Å². The van der Waals surface area contributed by atoms with Crippen molar-refractivity contribution in [1.82, 2.24) is 9.47 Å². The average Bonchev–Trinajstić information content (AvgIpc) is 3.07. The molecule has 1 aliphatic rings. The van der Waals surface area contributed by atoms with Crippen LogP contribution in [0.3, 0.4) is 0 Å². The third-order valence-corrected chi connectivity index (χ3v) is 4.31. The summed E-state index contributed by atoms with van der Waals surface area (Å²) in [5, 5.41) is 10.5. The van der Waals surface area contributed by atoms with Crippen molar-refractivity contribution in [2.75, 3.05) is 13.1 Å². The summed E-state index contributed by atoms with van der Waals surface area (Å²) >= 11 is 0. The number of carboxylic acids is 1. The van der Waals surface area contributed by atoms with Crippen molar-refractivity contribution < 1.29 is 9.90 Å². The summed E-state index contributed by atoms with van der Waals surface area (Å²) in [6.45, 7) is 7.40. The summed E-state index contributed by atoms with van der Waals surface area (Å²) < 4.78 is 2.10. The van der Waals surface area contributed by atoms with Gasteiger partial charge in [-0.15, -0.1) is 0 Å². The van der Waals surface area contributed by atoms with Crippen molar-refractivity contribution in [3.63, 3.8) is 0 Å². The van der Waals surface area contributed by atoms with Crippen LogP contribution >= 0.6 is 0 Å². The number of rotatable bonds is 4. The van der Waals surface area contributed by atoms with Gasteiger partial charge in [0.05, 0.1) is 11.1 Å². The van der Waals surface area contributed by atoms with Gasteiger partial charge in [-0.1, -0.05) is 12.1 Å². The fraction of sp³-hybridized carbons (Fsp3) is 0.471. The summed E-state index contributed by atoms with van der Waals surface area (Å²) in [5.74, 6) is -0.853. The van der Waals surface area contributed by atoms with E-state index in [-0.39, 0.29) is 6.04 Å². The maximum atomic E-state index is 11.5. The lowest BCUT2D eigenvalue weighted by Gasteiger charge is -2.13. The molecule has 1 aromatic heterocycles. The second-order valence-electron chi connectivity index (χ2n) is 6.15. The minimum Gasteiger partial charge on any atom is -0.478 e. The number of hydrogen-bond donors (Lipinski definition) is 1. The number of aromatic carboxylic acids is 1. The van der Waals surface area contributed by atoms with Gasteiger partial charge in [0.1, 0.15) is 0 Å². The molecule has 21 heavy (non-hydrogen) atoms. The van der Waals surface area contributed by atoms with E-state index in [1.54, 1.807) is 6.07 Å². The van der Waals surface area contributed by atoms with E-state index in [0.717, 1.165) is 30.5 Å². The van der Waals surface area contributed by atoms with Gasteiger partial charge in [0, 0.05) is 24.2 Å². The first-order valence-corrected chi connectivity index (χ1v) is 7.66. The molecule has 0 saturated carbocycles. The molecule has 2 aromatic rings. The number of carboxylic acid groups (broad SMARTS) is 1. The second kappa shape index (κ2) is 5.53. The summed E-state index contributed by atoms with van der Waals surface area (Å²) in [5.41, 5.74) is 2.49. The monoisotopic (exact) mass is 286 g/mol. The molecular weight excluding hydrogens is 264 g/mol. The molecular formula is C17H22N2O2. The van der Waals surface area contributed by atoms with E-state index in [0.29, 0.717) is 5.56 Å². The molecule has 0 bridgehead atoms. The molecule has 112 valence electrons. The molecule has 0 aliphatic carbocycles.